The summed E-state index contributed by atoms with van der Waals surface area (Å²) in [6, 6.07) is 6.61. The van der Waals surface area contributed by atoms with Crippen molar-refractivity contribution in [3.63, 3.8) is 0 Å². The number of nitrogens with one attached hydrogen (secondary N) is 1. The highest BCUT2D eigenvalue weighted by Crippen LogP contribution is 2.22. The summed E-state index contributed by atoms with van der Waals surface area (Å²) in [4.78, 5) is 0.446. The van der Waals surface area contributed by atoms with Crippen LogP contribution in [-0.4, -0.2) is 23.7 Å². The lowest BCUT2D eigenvalue weighted by atomic mass is 10.0. The summed E-state index contributed by atoms with van der Waals surface area (Å²) < 4.78 is 5.55. The first kappa shape index (κ1) is 13.3. The molecule has 0 bridgehead atoms. The molecule has 0 aliphatic carbocycles. The fourth-order valence-corrected chi connectivity index (χ4v) is 2.51. The molecule has 2 unspecified atom stereocenters. The van der Waals surface area contributed by atoms with Crippen LogP contribution in [0.4, 0.5) is 5.69 Å². The molecule has 1 aromatic carbocycles. The third-order valence-corrected chi connectivity index (χ3v) is 3.51. The minimum absolute atomic E-state index is 0.315. The minimum atomic E-state index is 0.315. The summed E-state index contributed by atoms with van der Waals surface area (Å²) in [6.07, 6.45) is 2.36. The second kappa shape index (κ2) is 5.67. The van der Waals surface area contributed by atoms with Crippen molar-refractivity contribution in [1.82, 2.24) is 0 Å². The Kier molecular flexibility index (Phi) is 4.19. The number of hydrogen-bond acceptors (Lipinski definition) is 3. The van der Waals surface area contributed by atoms with E-state index in [1.165, 1.54) is 5.56 Å². The lowest BCUT2D eigenvalue weighted by Gasteiger charge is -2.29. The molecule has 18 heavy (non-hydrogen) atoms. The van der Waals surface area contributed by atoms with Crippen LogP contribution in [0.1, 0.15) is 30.9 Å². The second-order valence-corrected chi connectivity index (χ2v) is 5.40. The number of ether oxygens (including phenoxy) is 1. The van der Waals surface area contributed by atoms with E-state index in [1.54, 1.807) is 0 Å². The number of hydrogen-bond donors (Lipinski definition) is 2. The average Bonchev–Trinajstić information content (AvgIpc) is 2.31. The van der Waals surface area contributed by atoms with Crippen LogP contribution in [-0.2, 0) is 4.74 Å². The van der Waals surface area contributed by atoms with Crippen LogP contribution in [0, 0.1) is 6.92 Å². The molecule has 2 rings (SSSR count). The average molecular weight is 264 g/mol. The summed E-state index contributed by atoms with van der Waals surface area (Å²) in [5.41, 5.74) is 8.92. The molecular weight excluding hydrogens is 244 g/mol. The highest BCUT2D eigenvalue weighted by molar-refractivity contribution is 7.80. The second-order valence-electron chi connectivity index (χ2n) is 4.96. The first-order chi connectivity index (χ1) is 8.56. The van der Waals surface area contributed by atoms with Crippen LogP contribution in [0.15, 0.2) is 18.2 Å². The van der Waals surface area contributed by atoms with Crippen molar-refractivity contribution in [3.05, 3.63) is 29.3 Å². The quantitative estimate of drug-likeness (QED) is 0.824. The first-order valence-corrected chi connectivity index (χ1v) is 6.75. The molecule has 0 saturated carbocycles. The number of anilines is 1. The zero-order valence-corrected chi connectivity index (χ0v) is 11.7. The molecule has 1 aromatic rings. The van der Waals surface area contributed by atoms with Crippen LogP contribution in [0.2, 0.25) is 0 Å². The fraction of sp³-hybridized carbons (Fsp3) is 0.500. The highest BCUT2D eigenvalue weighted by Gasteiger charge is 2.20. The molecule has 1 saturated heterocycles. The van der Waals surface area contributed by atoms with Crippen LogP contribution >= 0.6 is 12.2 Å². The Labute approximate surface area is 114 Å². The van der Waals surface area contributed by atoms with E-state index in [0.29, 0.717) is 17.1 Å². The molecule has 0 amide bonds. The van der Waals surface area contributed by atoms with Crippen molar-refractivity contribution in [2.75, 3.05) is 11.9 Å². The largest absolute Gasteiger partial charge is 0.389 e. The molecule has 1 aliphatic heterocycles. The van der Waals surface area contributed by atoms with E-state index < -0.39 is 0 Å². The molecule has 1 heterocycles. The van der Waals surface area contributed by atoms with Crippen molar-refractivity contribution >= 4 is 22.9 Å². The van der Waals surface area contributed by atoms with Crippen LogP contribution < -0.4 is 11.1 Å². The number of aryl methyl sites for hydroxylation is 1. The van der Waals surface area contributed by atoms with E-state index >= 15 is 0 Å². The van der Waals surface area contributed by atoms with Gasteiger partial charge in [0.1, 0.15) is 4.99 Å². The maximum atomic E-state index is 5.78. The zero-order valence-electron chi connectivity index (χ0n) is 10.9. The van der Waals surface area contributed by atoms with E-state index in [4.69, 9.17) is 22.7 Å². The van der Waals surface area contributed by atoms with Crippen LogP contribution in [0.3, 0.4) is 0 Å². The summed E-state index contributed by atoms with van der Waals surface area (Å²) in [5.74, 6) is 0. The molecule has 1 aliphatic rings. The number of thiocarbonyl (C=S) groups is 1. The van der Waals surface area contributed by atoms with Gasteiger partial charge >= 0.3 is 0 Å². The van der Waals surface area contributed by atoms with Crippen molar-refractivity contribution < 1.29 is 4.74 Å². The van der Waals surface area contributed by atoms with Gasteiger partial charge in [0, 0.05) is 23.9 Å². The molecule has 3 N–H and O–H groups in total. The molecule has 1 fully saturated rings. The standard InChI is InChI=1S/C14H20N2OS/c1-9-3-4-13(12(7-9)14(15)18)16-11-5-6-17-10(2)8-11/h3-4,7,10-11,16H,5-6,8H2,1-2H3,(H2,15,18). The van der Waals surface area contributed by atoms with Gasteiger partial charge in [-0.25, -0.2) is 0 Å². The van der Waals surface area contributed by atoms with Gasteiger partial charge in [-0.05, 0) is 38.8 Å². The molecule has 4 heteroatoms. The first-order valence-electron chi connectivity index (χ1n) is 6.35. The summed E-state index contributed by atoms with van der Waals surface area (Å²) in [7, 11) is 0. The van der Waals surface area contributed by atoms with E-state index in [0.717, 1.165) is 30.7 Å². The third-order valence-electron chi connectivity index (χ3n) is 3.29. The maximum Gasteiger partial charge on any atom is 0.106 e. The number of rotatable bonds is 3. The van der Waals surface area contributed by atoms with Gasteiger partial charge in [0.05, 0.1) is 6.10 Å². The molecule has 0 aromatic heterocycles. The number of benzene rings is 1. The van der Waals surface area contributed by atoms with Gasteiger partial charge in [-0.1, -0.05) is 23.8 Å². The molecule has 0 spiro atoms. The lowest BCUT2D eigenvalue weighted by molar-refractivity contribution is 0.0232. The Morgan fingerprint density at radius 2 is 2.28 bits per heavy atom. The van der Waals surface area contributed by atoms with Crippen molar-refractivity contribution in [1.29, 1.82) is 0 Å². The summed E-state index contributed by atoms with van der Waals surface area (Å²) in [5, 5.41) is 3.54. The SMILES string of the molecule is Cc1ccc(NC2CCOC(C)C2)c(C(N)=S)c1. The van der Waals surface area contributed by atoms with Gasteiger partial charge in [0.2, 0.25) is 0 Å². The van der Waals surface area contributed by atoms with Gasteiger partial charge in [0.25, 0.3) is 0 Å². The smallest absolute Gasteiger partial charge is 0.106 e. The summed E-state index contributed by atoms with van der Waals surface area (Å²) >= 11 is 5.11. The Morgan fingerprint density at radius 1 is 1.50 bits per heavy atom. The maximum absolute atomic E-state index is 5.78. The highest BCUT2D eigenvalue weighted by atomic mass is 32.1. The molecule has 3 nitrogen and oxygen atoms in total. The van der Waals surface area contributed by atoms with Gasteiger partial charge < -0.3 is 15.8 Å². The van der Waals surface area contributed by atoms with E-state index in [-0.39, 0.29) is 0 Å². The zero-order chi connectivity index (χ0) is 13.1. The molecule has 98 valence electrons. The van der Waals surface area contributed by atoms with Gasteiger partial charge in [-0.2, -0.15) is 0 Å². The van der Waals surface area contributed by atoms with Gasteiger partial charge in [0.15, 0.2) is 0 Å². The Balaban J connectivity index is 2.15. The third kappa shape index (κ3) is 3.21. The minimum Gasteiger partial charge on any atom is -0.389 e. The normalized spacial score (nSPS) is 23.7. The molecular formula is C14H20N2OS. The Morgan fingerprint density at radius 3 is 2.94 bits per heavy atom. The van der Waals surface area contributed by atoms with Crippen molar-refractivity contribution in [3.8, 4) is 0 Å². The van der Waals surface area contributed by atoms with Crippen LogP contribution in [0.25, 0.3) is 0 Å². The monoisotopic (exact) mass is 264 g/mol. The van der Waals surface area contributed by atoms with Gasteiger partial charge in [-0.15, -0.1) is 0 Å². The Hall–Kier alpha value is -1.13. The van der Waals surface area contributed by atoms with Crippen molar-refractivity contribution in [2.45, 2.75) is 38.8 Å². The van der Waals surface area contributed by atoms with Gasteiger partial charge in [-0.3, -0.25) is 0 Å². The van der Waals surface area contributed by atoms with E-state index in [2.05, 4.69) is 24.4 Å². The molecule has 2 atom stereocenters. The van der Waals surface area contributed by atoms with E-state index in [9.17, 15) is 0 Å². The Bertz CT molecular complexity index is 447. The van der Waals surface area contributed by atoms with Crippen LogP contribution in [0.5, 0.6) is 0 Å². The lowest BCUT2D eigenvalue weighted by Crippen LogP contribution is -2.33. The number of nitrogens with two attached hydrogens (primary N) is 1. The topological polar surface area (TPSA) is 47.3 Å². The summed E-state index contributed by atoms with van der Waals surface area (Å²) in [6.45, 7) is 4.96. The fourth-order valence-electron chi connectivity index (χ4n) is 2.34. The molecule has 0 radical (unpaired) electrons. The van der Waals surface area contributed by atoms with E-state index in [1.807, 2.05) is 13.0 Å². The van der Waals surface area contributed by atoms with Crippen molar-refractivity contribution in [2.24, 2.45) is 5.73 Å². The predicted molar refractivity (Wildman–Crippen MR) is 79.1 cm³/mol. The predicted octanol–water partition coefficient (Wildman–Crippen LogP) is 2.61.